The molecule has 0 spiro atoms. The zero-order valence-corrected chi connectivity index (χ0v) is 18.8. The van der Waals surface area contributed by atoms with E-state index in [-0.39, 0.29) is 12.5 Å². The lowest BCUT2D eigenvalue weighted by Crippen LogP contribution is -2.47. The molecule has 7 nitrogen and oxygen atoms in total. The maximum atomic E-state index is 13.4. The maximum absolute atomic E-state index is 13.4. The predicted molar refractivity (Wildman–Crippen MR) is 123 cm³/mol. The Hall–Kier alpha value is -3.32. The molecule has 170 valence electrons. The minimum atomic E-state index is -1.18. The molecule has 0 saturated heterocycles. The summed E-state index contributed by atoms with van der Waals surface area (Å²) < 4.78 is 17.3. The van der Waals surface area contributed by atoms with Gasteiger partial charge in [-0.3, -0.25) is 4.79 Å². The van der Waals surface area contributed by atoms with Crippen molar-refractivity contribution in [2.45, 2.75) is 24.5 Å². The zero-order chi connectivity index (χ0) is 23.1. The van der Waals surface area contributed by atoms with Crippen LogP contribution in [-0.2, 0) is 9.53 Å². The van der Waals surface area contributed by atoms with Crippen LogP contribution in [0.15, 0.2) is 66.2 Å². The first-order chi connectivity index (χ1) is 15.4. The Morgan fingerprint density at radius 1 is 1.25 bits per heavy atom. The summed E-state index contributed by atoms with van der Waals surface area (Å²) in [5.41, 5.74) is 0.359. The number of rotatable bonds is 10. The number of carbonyl (C=O) groups excluding carboxylic acids is 1. The van der Waals surface area contributed by atoms with Crippen molar-refractivity contribution in [3.63, 3.8) is 0 Å². The van der Waals surface area contributed by atoms with E-state index in [9.17, 15) is 4.79 Å². The fourth-order valence-electron chi connectivity index (χ4n) is 3.71. The van der Waals surface area contributed by atoms with E-state index in [2.05, 4.69) is 6.58 Å². The highest BCUT2D eigenvalue weighted by atomic mass is 16.5. The normalized spacial score (nSPS) is 19.6. The first-order valence-electron chi connectivity index (χ1n) is 10.5. The van der Waals surface area contributed by atoms with Gasteiger partial charge in [0.15, 0.2) is 11.6 Å². The summed E-state index contributed by atoms with van der Waals surface area (Å²) in [6.07, 6.45) is 1.94. The third-order valence-corrected chi connectivity index (χ3v) is 5.27. The number of hydrogen-bond donors (Lipinski definition) is 1. The molecule has 0 bridgehead atoms. The summed E-state index contributed by atoms with van der Waals surface area (Å²) in [5, 5.41) is 8.90. The Morgan fingerprint density at radius 3 is 2.62 bits per heavy atom. The van der Waals surface area contributed by atoms with Crippen LogP contribution < -0.4 is 9.47 Å². The highest BCUT2D eigenvalue weighted by Crippen LogP contribution is 2.44. The van der Waals surface area contributed by atoms with Gasteiger partial charge < -0.3 is 24.2 Å². The summed E-state index contributed by atoms with van der Waals surface area (Å²) in [6.45, 7) is 4.38. The van der Waals surface area contributed by atoms with E-state index in [1.807, 2.05) is 48.5 Å². The molecule has 1 amide bonds. The van der Waals surface area contributed by atoms with E-state index in [4.69, 9.17) is 24.3 Å². The summed E-state index contributed by atoms with van der Waals surface area (Å²) in [6, 6.07) is 14.8. The molecule has 3 rings (SSSR count). The molecule has 1 aliphatic heterocycles. The standard InChI is InChI=1S/C25H30N2O5/c1-5-14-25(24(29)27(2)3)22(19-8-6-9-21(17-19)30-4)32-23(26-25)18-10-12-20(13-11-18)31-16-7-15-28/h5-6,8-13,17,22,28H,1,7,14-16H2,2-4H3/t22-,25-/m1/s1. The van der Waals surface area contributed by atoms with Crippen molar-refractivity contribution >= 4 is 11.8 Å². The van der Waals surface area contributed by atoms with Crippen molar-refractivity contribution in [2.75, 3.05) is 34.4 Å². The first kappa shape index (κ1) is 23.3. The molecule has 7 heteroatoms. The third-order valence-electron chi connectivity index (χ3n) is 5.27. The highest BCUT2D eigenvalue weighted by molar-refractivity contribution is 6.01. The lowest BCUT2D eigenvalue weighted by atomic mass is 9.84. The molecule has 0 unspecified atom stereocenters. The molecule has 0 saturated carbocycles. The lowest BCUT2D eigenvalue weighted by Gasteiger charge is -2.32. The molecule has 1 aliphatic rings. The van der Waals surface area contributed by atoms with Crippen molar-refractivity contribution in [2.24, 2.45) is 4.99 Å². The Bertz CT molecular complexity index is 971. The number of methoxy groups -OCH3 is 1. The van der Waals surface area contributed by atoms with E-state index < -0.39 is 11.6 Å². The Balaban J connectivity index is 2.00. The van der Waals surface area contributed by atoms with E-state index in [1.165, 1.54) is 4.90 Å². The Morgan fingerprint density at radius 2 is 2.00 bits per heavy atom. The van der Waals surface area contributed by atoms with Gasteiger partial charge >= 0.3 is 0 Å². The molecule has 2 aromatic rings. The summed E-state index contributed by atoms with van der Waals surface area (Å²) in [7, 11) is 5.02. The summed E-state index contributed by atoms with van der Waals surface area (Å²) in [4.78, 5) is 19.8. The van der Waals surface area contributed by atoms with Crippen LogP contribution in [0.25, 0.3) is 0 Å². The van der Waals surface area contributed by atoms with Crippen LogP contribution in [0.3, 0.4) is 0 Å². The third kappa shape index (κ3) is 4.78. The topological polar surface area (TPSA) is 80.6 Å². The van der Waals surface area contributed by atoms with E-state index in [0.29, 0.717) is 36.8 Å². The number of benzene rings is 2. The van der Waals surface area contributed by atoms with E-state index in [1.54, 1.807) is 27.3 Å². The monoisotopic (exact) mass is 438 g/mol. The predicted octanol–water partition coefficient (Wildman–Crippen LogP) is 3.38. The Labute approximate surface area is 188 Å². The van der Waals surface area contributed by atoms with Crippen LogP contribution in [0.1, 0.15) is 30.1 Å². The van der Waals surface area contributed by atoms with Crippen LogP contribution in [-0.4, -0.2) is 61.8 Å². The van der Waals surface area contributed by atoms with Gasteiger partial charge in [0, 0.05) is 39.1 Å². The van der Waals surface area contributed by atoms with Gasteiger partial charge in [-0.25, -0.2) is 4.99 Å². The largest absolute Gasteiger partial charge is 0.497 e. The molecule has 2 atom stereocenters. The average molecular weight is 439 g/mol. The number of aliphatic hydroxyl groups is 1. The molecule has 2 aromatic carbocycles. The smallest absolute Gasteiger partial charge is 0.254 e. The van der Waals surface area contributed by atoms with Crippen molar-refractivity contribution in [1.29, 1.82) is 0 Å². The van der Waals surface area contributed by atoms with Crippen molar-refractivity contribution in [3.8, 4) is 11.5 Å². The van der Waals surface area contributed by atoms with Gasteiger partial charge in [-0.05, 0) is 42.0 Å². The van der Waals surface area contributed by atoms with Crippen LogP contribution >= 0.6 is 0 Å². The minimum absolute atomic E-state index is 0.0830. The lowest BCUT2D eigenvalue weighted by molar-refractivity contribution is -0.137. The molecule has 0 aromatic heterocycles. The highest BCUT2D eigenvalue weighted by Gasteiger charge is 2.53. The molecular formula is C25H30N2O5. The fraction of sp³-hybridized carbons (Fsp3) is 0.360. The Kier molecular flexibility index (Phi) is 7.53. The van der Waals surface area contributed by atoms with E-state index >= 15 is 0 Å². The molecular weight excluding hydrogens is 408 g/mol. The SMILES string of the molecule is C=CC[C@@]1(C(=O)N(C)C)N=C(c2ccc(OCCCO)cc2)O[C@@H]1c1cccc(OC)c1. The van der Waals surface area contributed by atoms with Crippen molar-refractivity contribution < 1.29 is 24.1 Å². The quantitative estimate of drug-likeness (QED) is 0.454. The summed E-state index contributed by atoms with van der Waals surface area (Å²) >= 11 is 0. The second-order valence-electron chi connectivity index (χ2n) is 7.76. The fourth-order valence-corrected chi connectivity index (χ4v) is 3.71. The molecule has 32 heavy (non-hydrogen) atoms. The van der Waals surface area contributed by atoms with Crippen LogP contribution in [0.5, 0.6) is 11.5 Å². The molecule has 1 heterocycles. The van der Waals surface area contributed by atoms with Crippen LogP contribution in [0.2, 0.25) is 0 Å². The second-order valence-corrected chi connectivity index (χ2v) is 7.76. The van der Waals surface area contributed by atoms with Gasteiger partial charge in [-0.2, -0.15) is 0 Å². The van der Waals surface area contributed by atoms with Gasteiger partial charge in [-0.15, -0.1) is 6.58 Å². The van der Waals surface area contributed by atoms with Crippen molar-refractivity contribution in [3.05, 3.63) is 72.3 Å². The number of ether oxygens (including phenoxy) is 3. The van der Waals surface area contributed by atoms with Crippen molar-refractivity contribution in [1.82, 2.24) is 4.90 Å². The van der Waals surface area contributed by atoms with Crippen LogP contribution in [0, 0.1) is 0 Å². The van der Waals surface area contributed by atoms with Gasteiger partial charge in [0.05, 0.1) is 13.7 Å². The van der Waals surface area contributed by atoms with Gasteiger partial charge in [0.25, 0.3) is 5.91 Å². The maximum Gasteiger partial charge on any atom is 0.254 e. The van der Waals surface area contributed by atoms with Crippen LogP contribution in [0.4, 0.5) is 0 Å². The number of carbonyl (C=O) groups is 1. The number of nitrogens with zero attached hydrogens (tertiary/aromatic N) is 2. The number of likely N-dealkylation sites (N-methyl/N-ethyl adjacent to an activating group) is 1. The molecule has 0 fully saturated rings. The zero-order valence-electron chi connectivity index (χ0n) is 18.8. The van der Waals surface area contributed by atoms with Gasteiger partial charge in [-0.1, -0.05) is 18.2 Å². The number of hydrogen-bond acceptors (Lipinski definition) is 6. The number of amides is 1. The second kappa shape index (κ2) is 10.3. The number of aliphatic imine (C=N–C) groups is 1. The van der Waals surface area contributed by atoms with Gasteiger partial charge in [0.1, 0.15) is 11.5 Å². The first-order valence-corrected chi connectivity index (χ1v) is 10.5. The molecule has 1 N–H and O–H groups in total. The minimum Gasteiger partial charge on any atom is -0.497 e. The van der Waals surface area contributed by atoms with E-state index in [0.717, 1.165) is 11.1 Å². The summed E-state index contributed by atoms with van der Waals surface area (Å²) in [5.74, 6) is 1.58. The molecule has 0 radical (unpaired) electrons. The van der Waals surface area contributed by atoms with Gasteiger partial charge in [0.2, 0.25) is 5.90 Å². The number of aliphatic hydroxyl groups excluding tert-OH is 1. The average Bonchev–Trinajstić information content (AvgIpc) is 3.20. The molecule has 0 aliphatic carbocycles.